The van der Waals surface area contributed by atoms with Crippen molar-refractivity contribution in [1.29, 1.82) is 0 Å². The molecule has 6 nitrogen and oxygen atoms in total. The number of nitrogens with one attached hydrogen (secondary N) is 1. The summed E-state index contributed by atoms with van der Waals surface area (Å²) < 4.78 is 40.2. The zero-order valence-corrected chi connectivity index (χ0v) is 13.7. The van der Waals surface area contributed by atoms with Crippen molar-refractivity contribution in [2.24, 2.45) is 11.7 Å². The number of carbonyl (C=O) groups is 2. The number of urea groups is 1. The van der Waals surface area contributed by atoms with Gasteiger partial charge in [-0.15, -0.1) is 13.2 Å². The number of alkyl halides is 3. The Morgan fingerprint density at radius 2 is 1.80 bits per heavy atom. The Labute approximate surface area is 143 Å². The first-order valence-corrected chi connectivity index (χ1v) is 7.86. The lowest BCUT2D eigenvalue weighted by Gasteiger charge is -2.31. The van der Waals surface area contributed by atoms with Crippen LogP contribution in [0.25, 0.3) is 0 Å². The number of hydrogen-bond donors (Lipinski definition) is 2. The van der Waals surface area contributed by atoms with Crippen molar-refractivity contribution in [2.45, 2.75) is 32.2 Å². The fourth-order valence-electron chi connectivity index (χ4n) is 2.69. The Hall–Kier alpha value is -2.45. The number of hydrogen-bond acceptors (Lipinski definition) is 3. The molecule has 3 amide bonds. The Morgan fingerprint density at radius 3 is 2.28 bits per heavy atom. The number of nitrogens with zero attached hydrogens (tertiary/aromatic N) is 1. The van der Waals surface area contributed by atoms with Gasteiger partial charge in [-0.25, -0.2) is 4.79 Å². The molecule has 1 atom stereocenters. The average Bonchev–Trinajstić information content (AvgIpc) is 2.54. The number of amides is 3. The van der Waals surface area contributed by atoms with Gasteiger partial charge in [0.2, 0.25) is 5.91 Å². The second-order valence-electron chi connectivity index (χ2n) is 5.95. The lowest BCUT2D eigenvalue weighted by atomic mass is 9.96. The normalized spacial score (nSPS) is 17.0. The van der Waals surface area contributed by atoms with E-state index in [1.54, 1.807) is 11.8 Å². The highest BCUT2D eigenvalue weighted by molar-refractivity contribution is 5.78. The molecule has 25 heavy (non-hydrogen) atoms. The van der Waals surface area contributed by atoms with E-state index in [9.17, 15) is 22.8 Å². The second kappa shape index (κ2) is 7.62. The maximum Gasteiger partial charge on any atom is 0.573 e. The number of ether oxygens (including phenoxy) is 1. The third kappa shape index (κ3) is 5.54. The summed E-state index contributed by atoms with van der Waals surface area (Å²) in [6, 6.07) is 4.65. The van der Waals surface area contributed by atoms with Crippen molar-refractivity contribution >= 4 is 11.9 Å². The quantitative estimate of drug-likeness (QED) is 0.866. The third-order valence-corrected chi connectivity index (χ3v) is 4.14. The van der Waals surface area contributed by atoms with E-state index in [2.05, 4.69) is 10.1 Å². The van der Waals surface area contributed by atoms with E-state index in [1.807, 2.05) is 0 Å². The van der Waals surface area contributed by atoms with Crippen molar-refractivity contribution in [1.82, 2.24) is 10.2 Å². The molecule has 138 valence electrons. The molecule has 1 aliphatic rings. The average molecular weight is 359 g/mol. The maximum absolute atomic E-state index is 12.2. The highest BCUT2D eigenvalue weighted by atomic mass is 19.4. The minimum atomic E-state index is -4.74. The molecule has 0 aromatic heterocycles. The van der Waals surface area contributed by atoms with Crippen LogP contribution in [-0.4, -0.2) is 36.3 Å². The summed E-state index contributed by atoms with van der Waals surface area (Å²) in [6.07, 6.45) is -3.68. The van der Waals surface area contributed by atoms with Gasteiger partial charge in [0.05, 0.1) is 6.04 Å². The summed E-state index contributed by atoms with van der Waals surface area (Å²) in [5.41, 5.74) is 5.91. The van der Waals surface area contributed by atoms with Crippen LogP contribution >= 0.6 is 0 Å². The molecule has 0 spiro atoms. The van der Waals surface area contributed by atoms with Crippen LogP contribution in [0.3, 0.4) is 0 Å². The van der Waals surface area contributed by atoms with Crippen LogP contribution in [0.4, 0.5) is 18.0 Å². The molecule has 0 saturated carbocycles. The van der Waals surface area contributed by atoms with E-state index in [4.69, 9.17) is 5.73 Å². The van der Waals surface area contributed by atoms with Crippen LogP contribution in [0.15, 0.2) is 24.3 Å². The van der Waals surface area contributed by atoms with Gasteiger partial charge in [0.15, 0.2) is 0 Å². The standard InChI is InChI=1S/C16H20F3N3O3/c1-10(11-2-4-13(5-3-11)25-16(17,18)19)21-15(24)22-8-6-12(7-9-22)14(20)23/h2-5,10,12H,6-9H2,1H3,(H2,20,23)(H,21,24). The molecule has 1 aromatic carbocycles. The first kappa shape index (κ1) is 18.9. The largest absolute Gasteiger partial charge is 0.573 e. The Bertz CT molecular complexity index is 611. The summed E-state index contributed by atoms with van der Waals surface area (Å²) >= 11 is 0. The second-order valence-corrected chi connectivity index (χ2v) is 5.95. The first-order chi connectivity index (χ1) is 11.7. The van der Waals surface area contributed by atoms with Gasteiger partial charge in [-0.3, -0.25) is 4.79 Å². The van der Waals surface area contributed by atoms with Gasteiger partial charge < -0.3 is 20.7 Å². The summed E-state index contributed by atoms with van der Waals surface area (Å²) in [5.74, 6) is -0.874. The minimum Gasteiger partial charge on any atom is -0.406 e. The Kier molecular flexibility index (Phi) is 5.76. The van der Waals surface area contributed by atoms with E-state index in [0.29, 0.717) is 31.5 Å². The number of halogens is 3. The number of likely N-dealkylation sites (tertiary alicyclic amines) is 1. The minimum absolute atomic E-state index is 0.206. The molecule has 9 heteroatoms. The topological polar surface area (TPSA) is 84.7 Å². The van der Waals surface area contributed by atoms with Crippen LogP contribution in [-0.2, 0) is 4.79 Å². The van der Waals surface area contributed by atoms with Crippen LogP contribution in [0.5, 0.6) is 5.75 Å². The van der Waals surface area contributed by atoms with E-state index >= 15 is 0 Å². The smallest absolute Gasteiger partial charge is 0.406 e. The van der Waals surface area contributed by atoms with E-state index < -0.39 is 6.36 Å². The lowest BCUT2D eigenvalue weighted by molar-refractivity contribution is -0.274. The van der Waals surface area contributed by atoms with Gasteiger partial charge in [-0.2, -0.15) is 0 Å². The molecule has 0 bridgehead atoms. The van der Waals surface area contributed by atoms with E-state index in [1.165, 1.54) is 24.3 Å². The van der Waals surface area contributed by atoms with Crippen molar-refractivity contribution in [3.63, 3.8) is 0 Å². The number of benzene rings is 1. The molecule has 1 heterocycles. The molecule has 1 aromatic rings. The summed E-state index contributed by atoms with van der Waals surface area (Å²) in [4.78, 5) is 25.0. The van der Waals surface area contributed by atoms with Gasteiger partial charge in [-0.05, 0) is 37.5 Å². The van der Waals surface area contributed by atoms with Gasteiger partial charge in [0.1, 0.15) is 5.75 Å². The Morgan fingerprint density at radius 1 is 1.24 bits per heavy atom. The van der Waals surface area contributed by atoms with Crippen molar-refractivity contribution in [3.05, 3.63) is 29.8 Å². The van der Waals surface area contributed by atoms with Gasteiger partial charge in [0.25, 0.3) is 0 Å². The first-order valence-electron chi connectivity index (χ1n) is 7.86. The SMILES string of the molecule is CC(NC(=O)N1CCC(C(N)=O)CC1)c1ccc(OC(F)(F)F)cc1. The fourth-order valence-corrected chi connectivity index (χ4v) is 2.69. The zero-order chi connectivity index (χ0) is 18.6. The molecule has 0 radical (unpaired) electrons. The number of primary amides is 1. The number of piperidine rings is 1. The van der Waals surface area contributed by atoms with E-state index in [-0.39, 0.29) is 29.6 Å². The van der Waals surface area contributed by atoms with Crippen molar-refractivity contribution in [2.75, 3.05) is 13.1 Å². The van der Waals surface area contributed by atoms with Gasteiger partial charge in [-0.1, -0.05) is 12.1 Å². The maximum atomic E-state index is 12.2. The fraction of sp³-hybridized carbons (Fsp3) is 0.500. The monoisotopic (exact) mass is 359 g/mol. The molecule has 0 aliphatic carbocycles. The predicted molar refractivity (Wildman–Crippen MR) is 83.6 cm³/mol. The highest BCUT2D eigenvalue weighted by Gasteiger charge is 2.31. The van der Waals surface area contributed by atoms with Crippen molar-refractivity contribution < 1.29 is 27.5 Å². The lowest BCUT2D eigenvalue weighted by Crippen LogP contribution is -2.46. The summed E-state index contributed by atoms with van der Waals surface area (Å²) in [5, 5.41) is 2.79. The number of nitrogens with two attached hydrogens (primary N) is 1. The molecular formula is C16H20F3N3O3. The highest BCUT2D eigenvalue weighted by Crippen LogP contribution is 2.24. The summed E-state index contributed by atoms with van der Waals surface area (Å²) in [7, 11) is 0. The van der Waals surface area contributed by atoms with Crippen LogP contribution in [0.2, 0.25) is 0 Å². The Balaban J connectivity index is 1.88. The van der Waals surface area contributed by atoms with E-state index in [0.717, 1.165) is 0 Å². The van der Waals surface area contributed by atoms with Crippen LogP contribution < -0.4 is 15.8 Å². The van der Waals surface area contributed by atoms with Crippen molar-refractivity contribution in [3.8, 4) is 5.75 Å². The zero-order valence-electron chi connectivity index (χ0n) is 13.7. The predicted octanol–water partition coefficient (Wildman–Crippen LogP) is 2.55. The van der Waals surface area contributed by atoms with Crippen LogP contribution in [0, 0.1) is 5.92 Å². The van der Waals surface area contributed by atoms with Crippen LogP contribution in [0.1, 0.15) is 31.4 Å². The molecule has 1 unspecified atom stereocenters. The molecule has 1 aliphatic heterocycles. The number of carbonyl (C=O) groups excluding carboxylic acids is 2. The molecule has 1 fully saturated rings. The summed E-state index contributed by atoms with van der Waals surface area (Å²) in [6.45, 7) is 2.60. The molecule has 2 rings (SSSR count). The van der Waals surface area contributed by atoms with Gasteiger partial charge in [0, 0.05) is 19.0 Å². The third-order valence-electron chi connectivity index (χ3n) is 4.14. The number of rotatable bonds is 4. The van der Waals surface area contributed by atoms with Gasteiger partial charge >= 0.3 is 12.4 Å². The molecular weight excluding hydrogens is 339 g/mol. The molecule has 1 saturated heterocycles. The molecule has 3 N–H and O–H groups in total.